The van der Waals surface area contributed by atoms with Crippen LogP contribution in [0.15, 0.2) is 16.8 Å². The molecule has 110 valence electrons. The number of carbonyl (C=O) groups excluding carboxylic acids is 1. The van der Waals surface area contributed by atoms with Gasteiger partial charge in [-0.25, -0.2) is 4.98 Å². The molecule has 1 saturated heterocycles. The maximum atomic E-state index is 12.1. The van der Waals surface area contributed by atoms with Crippen LogP contribution in [0.25, 0.3) is 0 Å². The maximum absolute atomic E-state index is 12.1. The predicted molar refractivity (Wildman–Crippen MR) is 76.2 cm³/mol. The van der Waals surface area contributed by atoms with Crippen molar-refractivity contribution in [3.8, 4) is 0 Å². The number of rotatable bonds is 3. The minimum atomic E-state index is -0.475. The fraction of sp³-hybridized carbons (Fsp3) is 0.385. The minimum Gasteiger partial charge on any atom is -0.337 e. The molecule has 0 saturated carbocycles. The van der Waals surface area contributed by atoms with Gasteiger partial charge >= 0.3 is 0 Å². The second kappa shape index (κ2) is 5.79. The van der Waals surface area contributed by atoms with E-state index in [0.29, 0.717) is 11.6 Å². The minimum absolute atomic E-state index is 0.0173. The summed E-state index contributed by atoms with van der Waals surface area (Å²) in [7, 11) is 0. The normalized spacial score (nSPS) is 17.9. The highest BCUT2D eigenvalue weighted by atomic mass is 35.5. The number of nitrogens with zero attached hydrogens (tertiary/aromatic N) is 3. The Morgan fingerprint density at radius 1 is 1.57 bits per heavy atom. The number of aryl methyl sites for hydroxylation is 1. The van der Waals surface area contributed by atoms with E-state index >= 15 is 0 Å². The van der Waals surface area contributed by atoms with Gasteiger partial charge in [0.25, 0.3) is 11.7 Å². The molecule has 2 aromatic rings. The zero-order valence-corrected chi connectivity index (χ0v) is 12.1. The Bertz CT molecular complexity index is 666. The zero-order chi connectivity index (χ0) is 14.8. The lowest BCUT2D eigenvalue weighted by Gasteiger charge is -2.05. The monoisotopic (exact) mass is 307 g/mol. The fourth-order valence-corrected chi connectivity index (χ4v) is 2.33. The van der Waals surface area contributed by atoms with Crippen LogP contribution in [0.2, 0.25) is 5.15 Å². The standard InChI is InChI=1S/C13H14ClN5O2/c1-7-5-9(10(14)16-6-7)17-12(20)11-18-13(21-19-11)8-3-2-4-15-8/h5-6,8,15H,2-4H2,1H3,(H,17,20). The summed E-state index contributed by atoms with van der Waals surface area (Å²) in [5.74, 6) is -0.0558. The average molecular weight is 308 g/mol. The van der Waals surface area contributed by atoms with Crippen LogP contribution in [0, 0.1) is 6.92 Å². The summed E-state index contributed by atoms with van der Waals surface area (Å²) < 4.78 is 5.13. The molecule has 0 aliphatic carbocycles. The van der Waals surface area contributed by atoms with E-state index in [-0.39, 0.29) is 17.0 Å². The van der Waals surface area contributed by atoms with Gasteiger partial charge in [0.2, 0.25) is 5.89 Å². The predicted octanol–water partition coefficient (Wildman–Crippen LogP) is 2.10. The maximum Gasteiger partial charge on any atom is 0.297 e. The summed E-state index contributed by atoms with van der Waals surface area (Å²) in [5.41, 5.74) is 1.31. The fourth-order valence-electron chi connectivity index (χ4n) is 2.18. The first kappa shape index (κ1) is 14.0. The lowest BCUT2D eigenvalue weighted by molar-refractivity contribution is 0.101. The van der Waals surface area contributed by atoms with Gasteiger partial charge in [-0.05, 0) is 37.9 Å². The van der Waals surface area contributed by atoms with Gasteiger partial charge in [0.1, 0.15) is 0 Å². The molecule has 0 bridgehead atoms. The second-order valence-corrected chi connectivity index (χ2v) is 5.27. The Hall–Kier alpha value is -1.99. The number of nitrogens with one attached hydrogen (secondary N) is 2. The largest absolute Gasteiger partial charge is 0.337 e. The molecule has 3 rings (SSSR count). The van der Waals surface area contributed by atoms with Crippen molar-refractivity contribution in [2.45, 2.75) is 25.8 Å². The summed E-state index contributed by atoms with van der Waals surface area (Å²) in [5, 5.41) is 9.79. The Balaban J connectivity index is 1.74. The smallest absolute Gasteiger partial charge is 0.297 e. The van der Waals surface area contributed by atoms with Crippen LogP contribution < -0.4 is 10.6 Å². The molecule has 0 spiro atoms. The number of anilines is 1. The number of hydrogen-bond donors (Lipinski definition) is 2. The SMILES string of the molecule is Cc1cnc(Cl)c(NC(=O)c2noc(C3CCCN3)n2)c1. The number of halogens is 1. The van der Waals surface area contributed by atoms with E-state index in [4.69, 9.17) is 16.1 Å². The molecule has 3 heterocycles. The van der Waals surface area contributed by atoms with Crippen molar-refractivity contribution >= 4 is 23.2 Å². The highest BCUT2D eigenvalue weighted by molar-refractivity contribution is 6.32. The first-order valence-corrected chi connectivity index (χ1v) is 7.02. The quantitative estimate of drug-likeness (QED) is 0.844. The molecule has 7 nitrogen and oxygen atoms in total. The Labute approximate surface area is 126 Å². The molecular formula is C13H14ClN5O2. The van der Waals surface area contributed by atoms with Crippen molar-refractivity contribution in [3.63, 3.8) is 0 Å². The third kappa shape index (κ3) is 3.03. The Morgan fingerprint density at radius 3 is 3.19 bits per heavy atom. The first-order chi connectivity index (χ1) is 10.1. The molecule has 2 N–H and O–H groups in total. The van der Waals surface area contributed by atoms with Crippen LogP contribution in [-0.4, -0.2) is 27.6 Å². The summed E-state index contributed by atoms with van der Waals surface area (Å²) in [6.45, 7) is 2.77. The van der Waals surface area contributed by atoms with Crippen molar-refractivity contribution in [2.75, 3.05) is 11.9 Å². The van der Waals surface area contributed by atoms with Gasteiger partial charge in [-0.2, -0.15) is 4.98 Å². The van der Waals surface area contributed by atoms with E-state index in [1.165, 1.54) is 0 Å². The van der Waals surface area contributed by atoms with Crippen LogP contribution >= 0.6 is 11.6 Å². The number of aromatic nitrogens is 3. The highest BCUT2D eigenvalue weighted by Crippen LogP contribution is 2.22. The van der Waals surface area contributed by atoms with Gasteiger partial charge < -0.3 is 15.2 Å². The van der Waals surface area contributed by atoms with Gasteiger partial charge in [0, 0.05) is 6.20 Å². The molecule has 2 aromatic heterocycles. The topological polar surface area (TPSA) is 92.9 Å². The molecular weight excluding hydrogens is 294 g/mol. The van der Waals surface area contributed by atoms with Crippen molar-refractivity contribution < 1.29 is 9.32 Å². The summed E-state index contributed by atoms with van der Waals surface area (Å²) in [6.07, 6.45) is 3.60. The van der Waals surface area contributed by atoms with Gasteiger partial charge in [-0.1, -0.05) is 16.8 Å². The number of amides is 1. The van der Waals surface area contributed by atoms with E-state index in [1.54, 1.807) is 12.3 Å². The molecule has 8 heteroatoms. The molecule has 1 unspecified atom stereocenters. The third-order valence-electron chi connectivity index (χ3n) is 3.23. The zero-order valence-electron chi connectivity index (χ0n) is 11.4. The van der Waals surface area contributed by atoms with Crippen LogP contribution in [-0.2, 0) is 0 Å². The molecule has 1 aliphatic heterocycles. The molecule has 1 amide bonds. The average Bonchev–Trinajstić information content (AvgIpc) is 3.12. The third-order valence-corrected chi connectivity index (χ3v) is 3.53. The second-order valence-electron chi connectivity index (χ2n) is 4.91. The summed E-state index contributed by atoms with van der Waals surface area (Å²) >= 11 is 5.94. The van der Waals surface area contributed by atoms with E-state index in [2.05, 4.69) is 25.8 Å². The summed E-state index contributed by atoms with van der Waals surface area (Å²) in [4.78, 5) is 20.2. The number of pyridine rings is 1. The van der Waals surface area contributed by atoms with Gasteiger partial charge in [0.15, 0.2) is 5.15 Å². The molecule has 0 aromatic carbocycles. The Morgan fingerprint density at radius 2 is 2.43 bits per heavy atom. The molecule has 1 aliphatic rings. The first-order valence-electron chi connectivity index (χ1n) is 6.64. The van der Waals surface area contributed by atoms with Crippen LogP contribution in [0.4, 0.5) is 5.69 Å². The molecule has 1 atom stereocenters. The van der Waals surface area contributed by atoms with Crippen molar-refractivity contribution in [1.29, 1.82) is 0 Å². The van der Waals surface area contributed by atoms with Gasteiger partial charge in [0.05, 0.1) is 11.7 Å². The molecule has 0 radical (unpaired) electrons. The van der Waals surface area contributed by atoms with Crippen LogP contribution in [0.5, 0.6) is 0 Å². The lowest BCUT2D eigenvalue weighted by Crippen LogP contribution is -2.16. The van der Waals surface area contributed by atoms with Crippen molar-refractivity contribution in [3.05, 3.63) is 34.7 Å². The Kier molecular flexibility index (Phi) is 3.85. The van der Waals surface area contributed by atoms with Crippen LogP contribution in [0.1, 0.15) is 41.0 Å². The summed E-state index contributed by atoms with van der Waals surface area (Å²) in [6, 6.07) is 1.76. The number of carbonyl (C=O) groups is 1. The highest BCUT2D eigenvalue weighted by Gasteiger charge is 2.24. The molecule has 1 fully saturated rings. The van der Waals surface area contributed by atoms with Crippen molar-refractivity contribution in [1.82, 2.24) is 20.4 Å². The van der Waals surface area contributed by atoms with E-state index in [1.807, 2.05) is 6.92 Å². The number of hydrogen-bond acceptors (Lipinski definition) is 6. The molecule has 21 heavy (non-hydrogen) atoms. The van der Waals surface area contributed by atoms with Crippen molar-refractivity contribution in [2.24, 2.45) is 0 Å². The lowest BCUT2D eigenvalue weighted by atomic mass is 10.2. The van der Waals surface area contributed by atoms with Gasteiger partial charge in [-0.15, -0.1) is 0 Å². The van der Waals surface area contributed by atoms with Crippen LogP contribution in [0.3, 0.4) is 0 Å². The van der Waals surface area contributed by atoms with E-state index < -0.39 is 5.91 Å². The van der Waals surface area contributed by atoms with E-state index in [0.717, 1.165) is 24.9 Å². The van der Waals surface area contributed by atoms with E-state index in [9.17, 15) is 4.79 Å². The van der Waals surface area contributed by atoms with Gasteiger partial charge in [-0.3, -0.25) is 4.79 Å².